The third-order valence-electron chi connectivity index (χ3n) is 3.39. The van der Waals surface area contributed by atoms with E-state index < -0.39 is 0 Å². The highest BCUT2D eigenvalue weighted by molar-refractivity contribution is 6.21. The van der Waals surface area contributed by atoms with Crippen LogP contribution >= 0.6 is 11.6 Å². The van der Waals surface area contributed by atoms with Crippen LogP contribution in [0.4, 0.5) is 0 Å². The standard InChI is InChI=1S/C8H9ClO2/c9-6-3-1-4-5(2-3)8(10)11-7(4)6/h3-7H,1-2H2. The van der Waals surface area contributed by atoms with E-state index in [1.807, 2.05) is 0 Å². The first-order chi connectivity index (χ1) is 5.27. The molecule has 0 aromatic rings. The van der Waals surface area contributed by atoms with Crippen molar-refractivity contribution in [2.75, 3.05) is 0 Å². The van der Waals surface area contributed by atoms with Crippen molar-refractivity contribution >= 4 is 17.6 Å². The lowest BCUT2D eigenvalue weighted by Gasteiger charge is -2.18. The minimum Gasteiger partial charge on any atom is -0.460 e. The fraction of sp³-hybridized carbons (Fsp3) is 0.875. The molecule has 0 N–H and O–H groups in total. The summed E-state index contributed by atoms with van der Waals surface area (Å²) in [6, 6.07) is 0. The van der Waals surface area contributed by atoms with Gasteiger partial charge < -0.3 is 4.74 Å². The number of alkyl halides is 1. The predicted molar refractivity (Wildman–Crippen MR) is 39.2 cm³/mol. The van der Waals surface area contributed by atoms with Gasteiger partial charge in [-0.2, -0.15) is 0 Å². The lowest BCUT2D eigenvalue weighted by atomic mass is 9.90. The molecule has 3 heteroatoms. The Hall–Kier alpha value is -0.240. The van der Waals surface area contributed by atoms with Crippen molar-refractivity contribution in [1.82, 2.24) is 0 Å². The summed E-state index contributed by atoms with van der Waals surface area (Å²) in [5.41, 5.74) is 0. The van der Waals surface area contributed by atoms with Crippen LogP contribution in [0, 0.1) is 17.8 Å². The molecule has 2 nitrogen and oxygen atoms in total. The molecular formula is C8H9ClO2. The molecular weight excluding hydrogens is 164 g/mol. The molecule has 1 aliphatic heterocycles. The Morgan fingerprint density at radius 1 is 1.45 bits per heavy atom. The molecule has 5 atom stereocenters. The molecule has 1 heterocycles. The number of ether oxygens (including phenoxy) is 1. The summed E-state index contributed by atoms with van der Waals surface area (Å²) in [5.74, 6) is 1.24. The molecule has 0 amide bonds. The van der Waals surface area contributed by atoms with Crippen molar-refractivity contribution in [3.05, 3.63) is 0 Å². The van der Waals surface area contributed by atoms with Crippen molar-refractivity contribution in [3.8, 4) is 0 Å². The number of fused-ring (bicyclic) bond motifs is 1. The summed E-state index contributed by atoms with van der Waals surface area (Å²) in [6.07, 6.45) is 2.16. The first-order valence-corrected chi connectivity index (χ1v) is 4.55. The second-order valence-electron chi connectivity index (χ2n) is 3.85. The molecule has 2 aliphatic carbocycles. The summed E-state index contributed by atoms with van der Waals surface area (Å²) in [5, 5.41) is 0.114. The normalized spacial score (nSPS) is 58.6. The highest BCUT2D eigenvalue weighted by Gasteiger charge is 2.61. The zero-order valence-corrected chi connectivity index (χ0v) is 6.75. The average molecular weight is 173 g/mol. The largest absolute Gasteiger partial charge is 0.460 e. The summed E-state index contributed by atoms with van der Waals surface area (Å²) in [4.78, 5) is 11.2. The molecule has 2 bridgehead atoms. The van der Waals surface area contributed by atoms with E-state index in [1.165, 1.54) is 0 Å². The molecule has 3 aliphatic rings. The fourth-order valence-corrected chi connectivity index (χ4v) is 3.33. The quantitative estimate of drug-likeness (QED) is 0.405. The molecule has 3 rings (SSSR count). The SMILES string of the molecule is O=C1OC2C(Cl)C3CC1C2C3. The minimum absolute atomic E-state index is 0.00523. The lowest BCUT2D eigenvalue weighted by Crippen LogP contribution is -2.26. The van der Waals surface area contributed by atoms with Gasteiger partial charge in [-0.15, -0.1) is 11.6 Å². The van der Waals surface area contributed by atoms with Crippen LogP contribution in [0.15, 0.2) is 0 Å². The van der Waals surface area contributed by atoms with Crippen LogP contribution in [-0.4, -0.2) is 17.5 Å². The maximum Gasteiger partial charge on any atom is 0.309 e. The van der Waals surface area contributed by atoms with E-state index in [2.05, 4.69) is 0 Å². The first kappa shape index (κ1) is 6.30. The van der Waals surface area contributed by atoms with Gasteiger partial charge in [0.2, 0.25) is 0 Å². The summed E-state index contributed by atoms with van der Waals surface area (Å²) < 4.78 is 5.18. The first-order valence-electron chi connectivity index (χ1n) is 4.12. The molecule has 60 valence electrons. The molecule has 1 saturated heterocycles. The summed E-state index contributed by atoms with van der Waals surface area (Å²) in [6.45, 7) is 0. The van der Waals surface area contributed by atoms with E-state index >= 15 is 0 Å². The van der Waals surface area contributed by atoms with Gasteiger partial charge in [-0.05, 0) is 18.8 Å². The van der Waals surface area contributed by atoms with E-state index in [0.717, 1.165) is 12.8 Å². The van der Waals surface area contributed by atoms with Crippen LogP contribution in [0.3, 0.4) is 0 Å². The van der Waals surface area contributed by atoms with Crippen LogP contribution in [0.5, 0.6) is 0 Å². The maximum absolute atomic E-state index is 11.2. The van der Waals surface area contributed by atoms with Crippen molar-refractivity contribution in [1.29, 1.82) is 0 Å². The van der Waals surface area contributed by atoms with Gasteiger partial charge in [-0.25, -0.2) is 0 Å². The lowest BCUT2D eigenvalue weighted by molar-refractivity contribution is -0.143. The minimum atomic E-state index is 0.00523. The highest BCUT2D eigenvalue weighted by Crippen LogP contribution is 2.56. The molecule has 0 spiro atoms. The summed E-state index contributed by atoms with van der Waals surface area (Å²) in [7, 11) is 0. The topological polar surface area (TPSA) is 26.3 Å². The van der Waals surface area contributed by atoms with Crippen molar-refractivity contribution < 1.29 is 9.53 Å². The molecule has 0 radical (unpaired) electrons. The Bertz CT molecular complexity index is 228. The number of hydrogen-bond donors (Lipinski definition) is 0. The highest BCUT2D eigenvalue weighted by atomic mass is 35.5. The third kappa shape index (κ3) is 0.583. The van der Waals surface area contributed by atoms with Gasteiger partial charge in [0, 0.05) is 5.92 Å². The zero-order valence-electron chi connectivity index (χ0n) is 6.00. The van der Waals surface area contributed by atoms with Crippen LogP contribution in [-0.2, 0) is 9.53 Å². The number of hydrogen-bond acceptors (Lipinski definition) is 2. The van der Waals surface area contributed by atoms with Crippen LogP contribution in [0.25, 0.3) is 0 Å². The fourth-order valence-electron chi connectivity index (χ4n) is 2.88. The molecule has 0 aromatic carbocycles. The van der Waals surface area contributed by atoms with Gasteiger partial charge >= 0.3 is 5.97 Å². The van der Waals surface area contributed by atoms with E-state index in [1.54, 1.807) is 0 Å². The van der Waals surface area contributed by atoms with Gasteiger partial charge in [-0.3, -0.25) is 4.79 Å². The van der Waals surface area contributed by atoms with E-state index in [9.17, 15) is 4.79 Å². The zero-order chi connectivity index (χ0) is 7.59. The van der Waals surface area contributed by atoms with E-state index in [0.29, 0.717) is 11.8 Å². The number of carbonyl (C=O) groups is 1. The van der Waals surface area contributed by atoms with Gasteiger partial charge in [0.15, 0.2) is 0 Å². The van der Waals surface area contributed by atoms with Gasteiger partial charge in [0.25, 0.3) is 0 Å². The molecule has 11 heavy (non-hydrogen) atoms. The van der Waals surface area contributed by atoms with E-state index in [4.69, 9.17) is 16.3 Å². The smallest absolute Gasteiger partial charge is 0.309 e. The van der Waals surface area contributed by atoms with Gasteiger partial charge in [0.1, 0.15) is 6.10 Å². The van der Waals surface area contributed by atoms with Gasteiger partial charge in [0.05, 0.1) is 11.3 Å². The second kappa shape index (κ2) is 1.74. The number of esters is 1. The Morgan fingerprint density at radius 2 is 2.27 bits per heavy atom. The number of halogens is 1. The van der Waals surface area contributed by atoms with Crippen LogP contribution in [0.1, 0.15) is 12.8 Å². The number of carbonyl (C=O) groups excluding carboxylic acids is 1. The third-order valence-corrected chi connectivity index (χ3v) is 3.99. The Labute approximate surface area is 69.9 Å². The predicted octanol–water partition coefficient (Wildman–Crippen LogP) is 1.18. The van der Waals surface area contributed by atoms with Crippen LogP contribution in [0.2, 0.25) is 0 Å². The second-order valence-corrected chi connectivity index (χ2v) is 4.35. The number of rotatable bonds is 0. The summed E-state index contributed by atoms with van der Waals surface area (Å²) >= 11 is 6.09. The Balaban J connectivity index is 2.04. The van der Waals surface area contributed by atoms with E-state index in [-0.39, 0.29) is 23.4 Å². The Kier molecular flexibility index (Phi) is 0.995. The van der Waals surface area contributed by atoms with Crippen LogP contribution < -0.4 is 0 Å². The molecule has 3 fully saturated rings. The molecule has 5 unspecified atom stereocenters. The molecule has 2 saturated carbocycles. The van der Waals surface area contributed by atoms with Crippen molar-refractivity contribution in [3.63, 3.8) is 0 Å². The Morgan fingerprint density at radius 3 is 2.91 bits per heavy atom. The molecule has 0 aromatic heterocycles. The maximum atomic E-state index is 11.2. The average Bonchev–Trinajstić information content (AvgIpc) is 2.53. The monoisotopic (exact) mass is 172 g/mol. The van der Waals surface area contributed by atoms with Crippen molar-refractivity contribution in [2.24, 2.45) is 17.8 Å². The van der Waals surface area contributed by atoms with Gasteiger partial charge in [-0.1, -0.05) is 0 Å². The van der Waals surface area contributed by atoms with Crippen molar-refractivity contribution in [2.45, 2.75) is 24.3 Å².